The van der Waals surface area contributed by atoms with Gasteiger partial charge in [0.25, 0.3) is 5.91 Å². The number of amides is 1. The van der Waals surface area contributed by atoms with Crippen LogP contribution in [-0.2, 0) is 6.54 Å². The van der Waals surface area contributed by atoms with Crippen LogP contribution in [0.5, 0.6) is 0 Å². The summed E-state index contributed by atoms with van der Waals surface area (Å²) in [5.74, 6) is -0.259. The third-order valence-corrected chi connectivity index (χ3v) is 4.99. The van der Waals surface area contributed by atoms with Gasteiger partial charge in [-0.3, -0.25) is 14.4 Å². The minimum Gasteiger partial charge on any atom is -0.345 e. The first-order valence-corrected chi connectivity index (χ1v) is 9.03. The third kappa shape index (κ3) is 3.35. The summed E-state index contributed by atoms with van der Waals surface area (Å²) >= 11 is 3.48. The second-order valence-corrected chi connectivity index (χ2v) is 6.81. The van der Waals surface area contributed by atoms with Crippen molar-refractivity contribution < 1.29 is 4.79 Å². The molecule has 26 heavy (non-hydrogen) atoms. The van der Waals surface area contributed by atoms with E-state index in [0.29, 0.717) is 23.1 Å². The Kier molecular flexibility index (Phi) is 5.08. The SMILES string of the molecule is CCn1c(=O)c(=O)[nH]c2cc(C(=O)N[C@H](C)c3ccccc3Br)ccc21. The van der Waals surface area contributed by atoms with Crippen LogP contribution >= 0.6 is 15.9 Å². The van der Waals surface area contributed by atoms with Gasteiger partial charge in [0.1, 0.15) is 0 Å². The highest BCUT2D eigenvalue weighted by Crippen LogP contribution is 2.23. The number of nitrogens with zero attached hydrogens (tertiary/aromatic N) is 1. The number of hydrogen-bond acceptors (Lipinski definition) is 3. The van der Waals surface area contributed by atoms with Gasteiger partial charge in [0, 0.05) is 16.6 Å². The summed E-state index contributed by atoms with van der Waals surface area (Å²) < 4.78 is 2.31. The highest BCUT2D eigenvalue weighted by Gasteiger charge is 2.15. The van der Waals surface area contributed by atoms with Gasteiger partial charge in [0.2, 0.25) is 0 Å². The van der Waals surface area contributed by atoms with Crippen molar-refractivity contribution in [2.45, 2.75) is 26.4 Å². The lowest BCUT2D eigenvalue weighted by Gasteiger charge is -2.16. The van der Waals surface area contributed by atoms with Gasteiger partial charge in [-0.1, -0.05) is 34.1 Å². The Labute approximate surface area is 158 Å². The van der Waals surface area contributed by atoms with Gasteiger partial charge in [0.05, 0.1) is 17.1 Å². The van der Waals surface area contributed by atoms with Crippen molar-refractivity contribution in [3.05, 3.63) is 78.8 Å². The minimum atomic E-state index is -0.696. The Morgan fingerprint density at radius 2 is 1.96 bits per heavy atom. The zero-order valence-corrected chi connectivity index (χ0v) is 16.0. The smallest absolute Gasteiger partial charge is 0.316 e. The second-order valence-electron chi connectivity index (χ2n) is 5.95. The highest BCUT2D eigenvalue weighted by atomic mass is 79.9. The van der Waals surface area contributed by atoms with Crippen LogP contribution in [-0.4, -0.2) is 15.5 Å². The fourth-order valence-corrected chi connectivity index (χ4v) is 3.55. The number of H-pyrrole nitrogens is 1. The summed E-state index contributed by atoms with van der Waals surface area (Å²) in [6.45, 7) is 4.07. The number of carbonyl (C=O) groups is 1. The van der Waals surface area contributed by atoms with Crippen molar-refractivity contribution >= 4 is 32.9 Å². The quantitative estimate of drug-likeness (QED) is 0.642. The van der Waals surface area contributed by atoms with Gasteiger partial charge >= 0.3 is 11.1 Å². The molecule has 0 saturated carbocycles. The zero-order valence-electron chi connectivity index (χ0n) is 14.4. The van der Waals surface area contributed by atoms with E-state index in [9.17, 15) is 14.4 Å². The predicted octanol–water partition coefficient (Wildman–Crippen LogP) is 2.96. The molecule has 6 nitrogen and oxygen atoms in total. The van der Waals surface area contributed by atoms with Crippen LogP contribution in [0.1, 0.15) is 35.8 Å². The van der Waals surface area contributed by atoms with Crippen molar-refractivity contribution in [1.82, 2.24) is 14.9 Å². The van der Waals surface area contributed by atoms with Crippen molar-refractivity contribution in [1.29, 1.82) is 0 Å². The lowest BCUT2D eigenvalue weighted by atomic mass is 10.1. The van der Waals surface area contributed by atoms with E-state index in [4.69, 9.17) is 0 Å². The first-order chi connectivity index (χ1) is 12.4. The van der Waals surface area contributed by atoms with Crippen molar-refractivity contribution in [3.63, 3.8) is 0 Å². The van der Waals surface area contributed by atoms with Crippen molar-refractivity contribution in [3.8, 4) is 0 Å². The molecule has 0 fully saturated rings. The number of rotatable bonds is 4. The molecule has 1 atom stereocenters. The summed E-state index contributed by atoms with van der Waals surface area (Å²) in [6, 6.07) is 12.4. The number of carbonyl (C=O) groups excluding carboxylic acids is 1. The van der Waals surface area contributed by atoms with Crippen LogP contribution in [0.4, 0.5) is 0 Å². The molecule has 3 rings (SSSR count). The van der Waals surface area contributed by atoms with Gasteiger partial charge in [-0.15, -0.1) is 0 Å². The van der Waals surface area contributed by atoms with Crippen molar-refractivity contribution in [2.75, 3.05) is 0 Å². The largest absolute Gasteiger partial charge is 0.345 e. The zero-order chi connectivity index (χ0) is 18.8. The average molecular weight is 416 g/mol. The molecule has 1 heterocycles. The van der Waals surface area contributed by atoms with E-state index in [1.165, 1.54) is 4.57 Å². The van der Waals surface area contributed by atoms with Crippen molar-refractivity contribution in [2.24, 2.45) is 0 Å². The Morgan fingerprint density at radius 1 is 1.23 bits per heavy atom. The summed E-state index contributed by atoms with van der Waals surface area (Å²) in [5, 5.41) is 2.94. The summed E-state index contributed by atoms with van der Waals surface area (Å²) in [7, 11) is 0. The molecule has 1 aromatic heterocycles. The number of aromatic amines is 1. The van der Waals surface area contributed by atoms with Crippen LogP contribution in [0.25, 0.3) is 11.0 Å². The molecule has 2 N–H and O–H groups in total. The summed E-state index contributed by atoms with van der Waals surface area (Å²) in [5.41, 5.74) is 1.13. The fraction of sp³-hybridized carbons (Fsp3) is 0.211. The van der Waals surface area contributed by atoms with Crippen LogP contribution in [0.15, 0.2) is 56.5 Å². The average Bonchev–Trinajstić information content (AvgIpc) is 2.62. The predicted molar refractivity (Wildman–Crippen MR) is 105 cm³/mol. The molecule has 0 aliphatic heterocycles. The maximum Gasteiger partial charge on any atom is 0.316 e. The molecule has 1 amide bonds. The van der Waals surface area contributed by atoms with E-state index < -0.39 is 11.1 Å². The minimum absolute atomic E-state index is 0.197. The fourth-order valence-electron chi connectivity index (χ4n) is 2.92. The van der Waals surface area contributed by atoms with Crippen LogP contribution in [0.3, 0.4) is 0 Å². The molecule has 0 radical (unpaired) electrons. The highest BCUT2D eigenvalue weighted by molar-refractivity contribution is 9.10. The molecule has 7 heteroatoms. The first kappa shape index (κ1) is 18.1. The van der Waals surface area contributed by atoms with Crippen LogP contribution in [0, 0.1) is 0 Å². The molecular weight excluding hydrogens is 398 g/mol. The molecule has 2 aromatic carbocycles. The molecule has 0 bridgehead atoms. The summed E-state index contributed by atoms with van der Waals surface area (Å²) in [4.78, 5) is 38.9. The van der Waals surface area contributed by atoms with Gasteiger partial charge < -0.3 is 14.9 Å². The van der Waals surface area contributed by atoms with Crippen LogP contribution in [0.2, 0.25) is 0 Å². The van der Waals surface area contributed by atoms with E-state index in [1.807, 2.05) is 31.2 Å². The van der Waals surface area contributed by atoms with Gasteiger partial charge in [-0.25, -0.2) is 0 Å². The van der Waals surface area contributed by atoms with Crippen LogP contribution < -0.4 is 16.4 Å². The molecule has 0 spiro atoms. The molecule has 3 aromatic rings. The third-order valence-electron chi connectivity index (χ3n) is 4.27. The van der Waals surface area contributed by atoms with E-state index in [-0.39, 0.29) is 11.9 Å². The maximum absolute atomic E-state index is 12.6. The first-order valence-electron chi connectivity index (χ1n) is 8.24. The normalized spacial score (nSPS) is 12.1. The maximum atomic E-state index is 12.6. The Balaban J connectivity index is 1.94. The topological polar surface area (TPSA) is 84.0 Å². The number of aromatic nitrogens is 2. The molecule has 0 aliphatic rings. The molecular formula is C19H18BrN3O3. The Bertz CT molecular complexity index is 1100. The number of halogens is 1. The standard InChI is InChI=1S/C19H18BrN3O3/c1-3-23-16-9-8-12(10-15(16)22-18(25)19(23)26)17(24)21-11(2)13-6-4-5-7-14(13)20/h4-11H,3H2,1-2H3,(H,21,24)(H,22,25)/t11-/m1/s1. The van der Waals surface area contributed by atoms with E-state index in [2.05, 4.69) is 26.2 Å². The number of fused-ring (bicyclic) bond motifs is 1. The Morgan fingerprint density at radius 3 is 2.65 bits per heavy atom. The van der Waals surface area contributed by atoms with E-state index >= 15 is 0 Å². The summed E-state index contributed by atoms with van der Waals surface area (Å²) in [6.07, 6.45) is 0. The monoisotopic (exact) mass is 415 g/mol. The Hall–Kier alpha value is -2.67. The number of nitrogens with one attached hydrogen (secondary N) is 2. The molecule has 0 aliphatic carbocycles. The molecule has 0 saturated heterocycles. The number of aryl methyl sites for hydroxylation is 1. The second kappa shape index (κ2) is 7.29. The lowest BCUT2D eigenvalue weighted by molar-refractivity contribution is 0.0940. The molecule has 134 valence electrons. The van der Waals surface area contributed by atoms with Gasteiger partial charge in [-0.2, -0.15) is 0 Å². The van der Waals surface area contributed by atoms with E-state index in [0.717, 1.165) is 10.0 Å². The van der Waals surface area contributed by atoms with Gasteiger partial charge in [0.15, 0.2) is 0 Å². The van der Waals surface area contributed by atoms with Gasteiger partial charge in [-0.05, 0) is 43.7 Å². The van der Waals surface area contributed by atoms with E-state index in [1.54, 1.807) is 25.1 Å². The molecule has 0 unspecified atom stereocenters. The number of hydrogen-bond donors (Lipinski definition) is 2. The number of benzene rings is 2. The lowest BCUT2D eigenvalue weighted by Crippen LogP contribution is -2.36.